The molecule has 1 aromatic carbocycles. The lowest BCUT2D eigenvalue weighted by Crippen LogP contribution is -2.38. The van der Waals surface area contributed by atoms with Gasteiger partial charge in [-0.25, -0.2) is 4.39 Å². The molecule has 24 heavy (non-hydrogen) atoms. The lowest BCUT2D eigenvalue weighted by molar-refractivity contribution is -0.129. The topological polar surface area (TPSA) is 78.5 Å². The molecule has 1 saturated heterocycles. The second-order valence-electron chi connectivity index (χ2n) is 6.23. The molecule has 3 amide bonds. The molecule has 1 aliphatic carbocycles. The van der Waals surface area contributed by atoms with Crippen molar-refractivity contribution in [3.8, 4) is 0 Å². The number of nitrogens with one attached hydrogen (secondary N) is 2. The van der Waals surface area contributed by atoms with Crippen LogP contribution in [0.1, 0.15) is 29.6 Å². The van der Waals surface area contributed by atoms with Crippen molar-refractivity contribution >= 4 is 17.7 Å². The molecule has 1 atom stereocenters. The number of halogens is 1. The van der Waals surface area contributed by atoms with Crippen LogP contribution in [-0.4, -0.2) is 48.3 Å². The summed E-state index contributed by atoms with van der Waals surface area (Å²) in [4.78, 5) is 37.6. The van der Waals surface area contributed by atoms with Gasteiger partial charge in [0.1, 0.15) is 5.82 Å². The van der Waals surface area contributed by atoms with Gasteiger partial charge in [0.25, 0.3) is 5.91 Å². The van der Waals surface area contributed by atoms with Crippen LogP contribution in [0.25, 0.3) is 0 Å². The van der Waals surface area contributed by atoms with Crippen molar-refractivity contribution < 1.29 is 18.8 Å². The van der Waals surface area contributed by atoms with Crippen LogP contribution < -0.4 is 10.6 Å². The molecule has 2 aliphatic rings. The Labute approximate surface area is 139 Å². The van der Waals surface area contributed by atoms with Crippen molar-refractivity contribution in [2.24, 2.45) is 5.92 Å². The smallest absolute Gasteiger partial charge is 0.251 e. The predicted octanol–water partition coefficient (Wildman–Crippen LogP) is 0.683. The van der Waals surface area contributed by atoms with Crippen LogP contribution in [0.5, 0.6) is 0 Å². The SMILES string of the molecule is O=C(NCCNC(=O)C1CC(=O)N(C2CC2)C1)c1ccc(F)cc1. The molecule has 3 rings (SSSR count). The Hall–Kier alpha value is -2.44. The summed E-state index contributed by atoms with van der Waals surface area (Å²) in [6.45, 7) is 1.06. The Kier molecular flexibility index (Phi) is 4.78. The molecule has 0 aromatic heterocycles. The average molecular weight is 333 g/mol. The minimum Gasteiger partial charge on any atom is -0.354 e. The monoisotopic (exact) mass is 333 g/mol. The second kappa shape index (κ2) is 6.98. The average Bonchev–Trinajstić information content (AvgIpc) is 3.34. The molecule has 2 N–H and O–H groups in total. The van der Waals surface area contributed by atoms with Crippen molar-refractivity contribution in [1.29, 1.82) is 0 Å². The summed E-state index contributed by atoms with van der Waals surface area (Å²) in [6, 6.07) is 5.59. The molecule has 1 saturated carbocycles. The van der Waals surface area contributed by atoms with Crippen molar-refractivity contribution in [2.75, 3.05) is 19.6 Å². The number of hydrogen-bond donors (Lipinski definition) is 2. The van der Waals surface area contributed by atoms with Crippen LogP contribution in [-0.2, 0) is 9.59 Å². The summed E-state index contributed by atoms with van der Waals surface area (Å²) < 4.78 is 12.8. The maximum atomic E-state index is 12.8. The van der Waals surface area contributed by atoms with E-state index in [-0.39, 0.29) is 36.6 Å². The lowest BCUT2D eigenvalue weighted by atomic mass is 10.1. The Morgan fingerprint density at radius 2 is 1.79 bits per heavy atom. The predicted molar refractivity (Wildman–Crippen MR) is 84.6 cm³/mol. The first-order valence-electron chi connectivity index (χ1n) is 8.15. The molecule has 2 fully saturated rings. The summed E-state index contributed by atoms with van der Waals surface area (Å²) in [5.41, 5.74) is 0.365. The van der Waals surface area contributed by atoms with Crippen LogP contribution in [0.15, 0.2) is 24.3 Å². The zero-order chi connectivity index (χ0) is 17.1. The minimum absolute atomic E-state index is 0.0577. The van der Waals surface area contributed by atoms with Gasteiger partial charge in [-0.1, -0.05) is 0 Å². The quantitative estimate of drug-likeness (QED) is 0.752. The highest BCUT2D eigenvalue weighted by molar-refractivity contribution is 5.94. The lowest BCUT2D eigenvalue weighted by Gasteiger charge is -2.15. The number of amides is 3. The summed E-state index contributed by atoms with van der Waals surface area (Å²) in [5, 5.41) is 5.41. The van der Waals surface area contributed by atoms with Crippen molar-refractivity contribution in [3.63, 3.8) is 0 Å². The first-order valence-corrected chi connectivity index (χ1v) is 8.15. The number of likely N-dealkylation sites (tertiary alicyclic amines) is 1. The van der Waals surface area contributed by atoms with Gasteiger partial charge in [-0.15, -0.1) is 0 Å². The highest BCUT2D eigenvalue weighted by atomic mass is 19.1. The van der Waals surface area contributed by atoms with E-state index in [1.165, 1.54) is 24.3 Å². The fourth-order valence-corrected chi connectivity index (χ4v) is 2.86. The van der Waals surface area contributed by atoms with Crippen molar-refractivity contribution in [3.05, 3.63) is 35.6 Å². The van der Waals surface area contributed by atoms with Crippen LogP contribution in [0.3, 0.4) is 0 Å². The number of rotatable bonds is 6. The van der Waals surface area contributed by atoms with Crippen molar-refractivity contribution in [2.45, 2.75) is 25.3 Å². The van der Waals surface area contributed by atoms with Crippen LogP contribution in [0.4, 0.5) is 4.39 Å². The van der Waals surface area contributed by atoms with Crippen LogP contribution >= 0.6 is 0 Å². The van der Waals surface area contributed by atoms with Gasteiger partial charge < -0.3 is 15.5 Å². The van der Waals surface area contributed by atoms with E-state index in [9.17, 15) is 18.8 Å². The Morgan fingerprint density at radius 3 is 2.46 bits per heavy atom. The maximum Gasteiger partial charge on any atom is 0.251 e. The zero-order valence-corrected chi connectivity index (χ0v) is 13.3. The molecule has 128 valence electrons. The highest BCUT2D eigenvalue weighted by Crippen LogP contribution is 2.32. The fourth-order valence-electron chi connectivity index (χ4n) is 2.86. The number of carbonyl (C=O) groups excluding carboxylic acids is 3. The molecule has 0 spiro atoms. The highest BCUT2D eigenvalue weighted by Gasteiger charge is 2.41. The minimum atomic E-state index is -0.398. The summed E-state index contributed by atoms with van der Waals surface area (Å²) >= 11 is 0. The third kappa shape index (κ3) is 3.90. The molecule has 1 heterocycles. The van der Waals surface area contributed by atoms with Gasteiger partial charge in [0.2, 0.25) is 11.8 Å². The molecular formula is C17H20FN3O3. The molecule has 0 bridgehead atoms. The van der Waals surface area contributed by atoms with E-state index < -0.39 is 5.82 Å². The molecule has 1 unspecified atom stereocenters. The van der Waals surface area contributed by atoms with Gasteiger partial charge >= 0.3 is 0 Å². The van der Waals surface area contributed by atoms with Gasteiger partial charge in [-0.3, -0.25) is 14.4 Å². The standard InChI is InChI=1S/C17H20FN3O3/c18-13-3-1-11(2-4-13)16(23)19-7-8-20-17(24)12-9-15(22)21(10-12)14-5-6-14/h1-4,12,14H,5-10H2,(H,19,23)(H,20,24). The molecule has 7 heteroatoms. The third-order valence-electron chi connectivity index (χ3n) is 4.33. The zero-order valence-electron chi connectivity index (χ0n) is 13.3. The summed E-state index contributed by atoms with van der Waals surface area (Å²) in [5.74, 6) is -1.11. The van der Waals surface area contributed by atoms with Gasteiger partial charge in [-0.2, -0.15) is 0 Å². The fraction of sp³-hybridized carbons (Fsp3) is 0.471. The third-order valence-corrected chi connectivity index (χ3v) is 4.33. The number of nitrogens with zero attached hydrogens (tertiary/aromatic N) is 1. The summed E-state index contributed by atoms with van der Waals surface area (Å²) in [6.07, 6.45) is 2.34. The molecule has 1 aromatic rings. The Morgan fingerprint density at radius 1 is 1.12 bits per heavy atom. The number of carbonyl (C=O) groups is 3. The largest absolute Gasteiger partial charge is 0.354 e. The van der Waals surface area contributed by atoms with Crippen molar-refractivity contribution in [1.82, 2.24) is 15.5 Å². The normalized spacial score (nSPS) is 20.1. The van der Waals surface area contributed by atoms with Gasteiger partial charge in [0.15, 0.2) is 0 Å². The van der Waals surface area contributed by atoms with Gasteiger partial charge in [0.05, 0.1) is 5.92 Å². The Bertz CT molecular complexity index is 643. The van der Waals surface area contributed by atoms with Gasteiger partial charge in [-0.05, 0) is 37.1 Å². The second-order valence-corrected chi connectivity index (χ2v) is 6.23. The van der Waals surface area contributed by atoms with Gasteiger partial charge in [0, 0.05) is 37.7 Å². The van der Waals surface area contributed by atoms with E-state index in [0.717, 1.165) is 12.8 Å². The first-order chi connectivity index (χ1) is 11.5. The van der Waals surface area contributed by atoms with E-state index in [1.807, 2.05) is 0 Å². The summed E-state index contributed by atoms with van der Waals surface area (Å²) in [7, 11) is 0. The van der Waals surface area contributed by atoms with E-state index in [2.05, 4.69) is 10.6 Å². The van der Waals surface area contributed by atoms with Crippen LogP contribution in [0, 0.1) is 11.7 Å². The molecule has 6 nitrogen and oxygen atoms in total. The number of hydrogen-bond acceptors (Lipinski definition) is 3. The van der Waals surface area contributed by atoms with E-state index >= 15 is 0 Å². The van der Waals surface area contributed by atoms with Crippen LogP contribution in [0.2, 0.25) is 0 Å². The number of benzene rings is 1. The molecule has 0 radical (unpaired) electrons. The first kappa shape index (κ1) is 16.4. The van der Waals surface area contributed by atoms with E-state index in [4.69, 9.17) is 0 Å². The maximum absolute atomic E-state index is 12.8. The van der Waals surface area contributed by atoms with E-state index in [1.54, 1.807) is 4.90 Å². The van der Waals surface area contributed by atoms with E-state index in [0.29, 0.717) is 24.7 Å². The Balaban J connectivity index is 1.37. The molecule has 1 aliphatic heterocycles. The molecular weight excluding hydrogens is 313 g/mol.